The van der Waals surface area contributed by atoms with Crippen LogP contribution in [0.25, 0.3) is 0 Å². The first-order valence-corrected chi connectivity index (χ1v) is 11.7. The number of cyclic esters (lactones) is 1. The molecule has 10 heteroatoms. The van der Waals surface area contributed by atoms with E-state index in [1.165, 1.54) is 11.0 Å². The lowest BCUT2D eigenvalue weighted by Crippen LogP contribution is -2.49. The number of nitrogens with one attached hydrogen (secondary N) is 1. The number of hydrogen-bond donors (Lipinski definition) is 1. The summed E-state index contributed by atoms with van der Waals surface area (Å²) < 4.78 is 25.4. The maximum absolute atomic E-state index is 14.9. The van der Waals surface area contributed by atoms with Crippen molar-refractivity contribution >= 4 is 40.8 Å². The largest absolute Gasteiger partial charge is 0.450 e. The van der Waals surface area contributed by atoms with Gasteiger partial charge in [0.2, 0.25) is 0 Å². The van der Waals surface area contributed by atoms with Gasteiger partial charge in [-0.2, -0.15) is 0 Å². The van der Waals surface area contributed by atoms with Gasteiger partial charge in [-0.25, -0.2) is 14.0 Å². The van der Waals surface area contributed by atoms with E-state index in [1.54, 1.807) is 24.0 Å². The topological polar surface area (TPSA) is 74.3 Å². The standard InChI is InChI=1S/C23H33FN4O4S/c1-5-31-21(29)27-10-8-26(9-11-27)19-7-6-16(12-18(19)24)28-15-17(32-22(28)30)14-25-20(33)13-23(2,3)4/h6-7,12,17H,5,8-11,13-15H2,1-4H3,(H,25,33)/t17-/m0/s1. The van der Waals surface area contributed by atoms with Crippen LogP contribution in [-0.2, 0) is 9.47 Å². The van der Waals surface area contributed by atoms with Gasteiger partial charge in [0.15, 0.2) is 0 Å². The first-order chi connectivity index (χ1) is 15.6. The molecule has 2 aliphatic heterocycles. The number of amides is 2. The summed E-state index contributed by atoms with van der Waals surface area (Å²) in [5, 5.41) is 3.17. The Morgan fingerprint density at radius 3 is 2.58 bits per heavy atom. The molecule has 0 saturated carbocycles. The highest BCUT2D eigenvalue weighted by molar-refractivity contribution is 7.80. The smallest absolute Gasteiger partial charge is 0.414 e. The molecule has 0 spiro atoms. The SMILES string of the molecule is CCOC(=O)N1CCN(c2ccc(N3C[C@H](CNC(=S)CC(C)(C)C)OC3=O)cc2F)CC1. The van der Waals surface area contributed by atoms with Crippen LogP contribution in [0.5, 0.6) is 0 Å². The van der Waals surface area contributed by atoms with Gasteiger partial charge < -0.3 is 24.6 Å². The van der Waals surface area contributed by atoms with Crippen molar-refractivity contribution in [3.63, 3.8) is 0 Å². The normalized spacial score (nSPS) is 18.9. The maximum atomic E-state index is 14.9. The molecule has 1 aromatic carbocycles. The minimum Gasteiger partial charge on any atom is -0.450 e. The van der Waals surface area contributed by atoms with E-state index in [1.807, 2.05) is 4.90 Å². The molecular weight excluding hydrogens is 447 g/mol. The zero-order chi connectivity index (χ0) is 24.2. The predicted molar refractivity (Wildman–Crippen MR) is 129 cm³/mol. The molecule has 8 nitrogen and oxygen atoms in total. The van der Waals surface area contributed by atoms with Crippen LogP contribution < -0.4 is 15.1 Å². The van der Waals surface area contributed by atoms with Crippen LogP contribution in [-0.4, -0.2) is 74.1 Å². The van der Waals surface area contributed by atoms with Gasteiger partial charge in [0, 0.05) is 32.6 Å². The lowest BCUT2D eigenvalue weighted by Gasteiger charge is -2.35. The maximum Gasteiger partial charge on any atom is 0.414 e. The van der Waals surface area contributed by atoms with Crippen LogP contribution in [0, 0.1) is 11.2 Å². The van der Waals surface area contributed by atoms with Crippen LogP contribution >= 0.6 is 12.2 Å². The number of carbonyl (C=O) groups is 2. The Hall–Kier alpha value is -2.62. The van der Waals surface area contributed by atoms with E-state index in [9.17, 15) is 14.0 Å². The fourth-order valence-corrected chi connectivity index (χ4v) is 4.39. The molecule has 0 aliphatic carbocycles. The average Bonchev–Trinajstić information content (AvgIpc) is 3.12. The molecule has 2 amide bonds. The number of thiocarbonyl (C=S) groups is 1. The summed E-state index contributed by atoms with van der Waals surface area (Å²) >= 11 is 5.37. The molecule has 1 aromatic rings. The van der Waals surface area contributed by atoms with E-state index in [2.05, 4.69) is 26.1 Å². The molecule has 182 valence electrons. The number of anilines is 2. The minimum absolute atomic E-state index is 0.0766. The molecule has 1 atom stereocenters. The first kappa shape index (κ1) is 25.0. The average molecular weight is 481 g/mol. The molecule has 2 heterocycles. The molecule has 2 fully saturated rings. The number of piperazine rings is 1. The second kappa shape index (κ2) is 10.5. The number of carbonyl (C=O) groups excluding carboxylic acids is 2. The van der Waals surface area contributed by atoms with Gasteiger partial charge in [-0.1, -0.05) is 33.0 Å². The lowest BCUT2D eigenvalue weighted by atomic mass is 9.92. The highest BCUT2D eigenvalue weighted by Crippen LogP contribution is 2.28. The van der Waals surface area contributed by atoms with Crippen molar-refractivity contribution < 1.29 is 23.5 Å². The third kappa shape index (κ3) is 6.69. The van der Waals surface area contributed by atoms with Crippen molar-refractivity contribution in [3.8, 4) is 0 Å². The fraction of sp³-hybridized carbons (Fsp3) is 0.609. The highest BCUT2D eigenvalue weighted by atomic mass is 32.1. The predicted octanol–water partition coefficient (Wildman–Crippen LogP) is 3.78. The summed E-state index contributed by atoms with van der Waals surface area (Å²) in [6.45, 7) is 11.1. The van der Waals surface area contributed by atoms with Crippen molar-refractivity contribution in [3.05, 3.63) is 24.0 Å². The van der Waals surface area contributed by atoms with Crippen LogP contribution in [0.2, 0.25) is 0 Å². The summed E-state index contributed by atoms with van der Waals surface area (Å²) in [6.07, 6.45) is -0.468. The van der Waals surface area contributed by atoms with E-state index in [4.69, 9.17) is 21.7 Å². The summed E-state index contributed by atoms with van der Waals surface area (Å²) in [6, 6.07) is 4.74. The van der Waals surface area contributed by atoms with Gasteiger partial charge in [-0.3, -0.25) is 4.90 Å². The van der Waals surface area contributed by atoms with Crippen molar-refractivity contribution in [1.82, 2.24) is 10.2 Å². The van der Waals surface area contributed by atoms with E-state index in [0.717, 1.165) is 11.4 Å². The second-order valence-corrected chi connectivity index (χ2v) is 9.96. The Kier molecular flexibility index (Phi) is 7.99. The molecule has 2 aliphatic rings. The number of ether oxygens (including phenoxy) is 2. The van der Waals surface area contributed by atoms with Crippen LogP contribution in [0.4, 0.5) is 25.4 Å². The fourth-order valence-electron chi connectivity index (χ4n) is 3.88. The van der Waals surface area contributed by atoms with Gasteiger partial charge in [-0.05, 0) is 30.5 Å². The summed E-state index contributed by atoms with van der Waals surface area (Å²) in [5.74, 6) is -0.419. The number of benzene rings is 1. The summed E-state index contributed by atoms with van der Waals surface area (Å²) in [7, 11) is 0. The molecule has 3 rings (SSSR count). The lowest BCUT2D eigenvalue weighted by molar-refractivity contribution is 0.105. The molecule has 0 radical (unpaired) electrons. The monoisotopic (exact) mass is 480 g/mol. The van der Waals surface area contributed by atoms with Gasteiger partial charge in [0.1, 0.15) is 11.9 Å². The number of hydrogen-bond acceptors (Lipinski definition) is 6. The van der Waals surface area contributed by atoms with Gasteiger partial charge >= 0.3 is 12.2 Å². The Labute approximate surface area is 200 Å². The van der Waals surface area contributed by atoms with Crippen LogP contribution in [0.3, 0.4) is 0 Å². The van der Waals surface area contributed by atoms with Crippen molar-refractivity contribution in [2.45, 2.75) is 40.2 Å². The minimum atomic E-state index is -0.501. The van der Waals surface area contributed by atoms with Gasteiger partial charge in [0.25, 0.3) is 0 Å². The van der Waals surface area contributed by atoms with Crippen LogP contribution in [0.15, 0.2) is 18.2 Å². The van der Waals surface area contributed by atoms with E-state index < -0.39 is 11.9 Å². The zero-order valence-corrected chi connectivity index (χ0v) is 20.5. The van der Waals surface area contributed by atoms with Crippen LogP contribution in [0.1, 0.15) is 34.1 Å². The molecule has 33 heavy (non-hydrogen) atoms. The Morgan fingerprint density at radius 2 is 1.97 bits per heavy atom. The third-order valence-electron chi connectivity index (χ3n) is 5.48. The number of rotatable bonds is 6. The summed E-state index contributed by atoms with van der Waals surface area (Å²) in [5.41, 5.74) is 0.972. The first-order valence-electron chi connectivity index (χ1n) is 11.3. The number of nitrogens with zero attached hydrogens (tertiary/aromatic N) is 3. The Balaban J connectivity index is 1.56. The van der Waals surface area contributed by atoms with Crippen molar-refractivity contribution in [2.75, 3.05) is 55.7 Å². The van der Waals surface area contributed by atoms with Crippen molar-refractivity contribution in [2.24, 2.45) is 5.41 Å². The Morgan fingerprint density at radius 1 is 1.27 bits per heavy atom. The molecule has 2 saturated heterocycles. The molecular formula is C23H33FN4O4S. The molecule has 0 bridgehead atoms. The molecule has 0 unspecified atom stereocenters. The molecule has 0 aromatic heterocycles. The summed E-state index contributed by atoms with van der Waals surface area (Å²) in [4.78, 5) is 29.9. The quantitative estimate of drug-likeness (QED) is 0.621. The Bertz CT molecular complexity index is 884. The van der Waals surface area contributed by atoms with E-state index in [-0.39, 0.29) is 17.6 Å². The van der Waals surface area contributed by atoms with E-state index in [0.29, 0.717) is 57.3 Å². The van der Waals surface area contributed by atoms with Crippen molar-refractivity contribution in [1.29, 1.82) is 0 Å². The zero-order valence-electron chi connectivity index (χ0n) is 19.7. The van der Waals surface area contributed by atoms with E-state index >= 15 is 0 Å². The van der Waals surface area contributed by atoms with Gasteiger partial charge in [0.05, 0.1) is 36.1 Å². The third-order valence-corrected chi connectivity index (χ3v) is 5.77. The molecule has 1 N–H and O–H groups in total. The highest BCUT2D eigenvalue weighted by Gasteiger charge is 2.33. The van der Waals surface area contributed by atoms with Gasteiger partial charge in [-0.15, -0.1) is 0 Å². The second-order valence-electron chi connectivity index (χ2n) is 9.47. The number of halogens is 1.